The van der Waals surface area contributed by atoms with Gasteiger partial charge < -0.3 is 15.0 Å². The minimum atomic E-state index is -4.72. The number of hydrogen-bond acceptors (Lipinski definition) is 6. The number of benzene rings is 1. The molecule has 1 aromatic carbocycles. The number of carbonyl (C=O) groups excluding carboxylic acids is 2. The Morgan fingerprint density at radius 1 is 1.12 bits per heavy atom. The minimum absolute atomic E-state index is 0.124. The Hall–Kier alpha value is -3.83. The van der Waals surface area contributed by atoms with Crippen LogP contribution in [0.4, 0.5) is 23.7 Å². The highest BCUT2D eigenvalue weighted by atomic mass is 19.4. The number of ether oxygens (including phenoxy) is 1. The van der Waals surface area contributed by atoms with Crippen LogP contribution in [-0.2, 0) is 4.79 Å². The molecule has 166 valence electrons. The van der Waals surface area contributed by atoms with Crippen molar-refractivity contribution >= 4 is 23.3 Å². The van der Waals surface area contributed by atoms with Gasteiger partial charge in [0.2, 0.25) is 5.91 Å². The van der Waals surface area contributed by atoms with E-state index in [1.165, 1.54) is 12.1 Å². The minimum Gasteiger partial charge on any atom is -0.406 e. The summed E-state index contributed by atoms with van der Waals surface area (Å²) in [5, 5.41) is 9.30. The number of halogens is 3. The second-order valence-corrected chi connectivity index (χ2v) is 7.62. The van der Waals surface area contributed by atoms with E-state index >= 15 is 0 Å². The standard InChI is InChI=1S/C20H17F3N6O3/c21-20(22,23)32-13-3-1-11(2-4-13)12-9-28(10-12)16-7-15(27-29-6-5-24-17(16)29)14-8-25-19(31)26-18(14)30/h1-7,12,14H,8-10H2,(H2,25,26,30,31). The molecular weight excluding hydrogens is 429 g/mol. The molecule has 12 heteroatoms. The lowest BCUT2D eigenvalue weighted by Gasteiger charge is -2.41. The first-order valence-electron chi connectivity index (χ1n) is 9.80. The van der Waals surface area contributed by atoms with E-state index in [0.29, 0.717) is 24.4 Å². The van der Waals surface area contributed by atoms with Gasteiger partial charge in [0.05, 0.1) is 17.3 Å². The maximum atomic E-state index is 12.3. The number of amides is 3. The van der Waals surface area contributed by atoms with Gasteiger partial charge in [-0.05, 0) is 23.8 Å². The molecule has 5 rings (SSSR count). The summed E-state index contributed by atoms with van der Waals surface area (Å²) in [6.07, 6.45) is -1.44. The Balaban J connectivity index is 1.34. The van der Waals surface area contributed by atoms with Gasteiger partial charge in [0, 0.05) is 37.9 Å². The van der Waals surface area contributed by atoms with Crippen LogP contribution in [0.1, 0.15) is 23.1 Å². The lowest BCUT2D eigenvalue weighted by molar-refractivity contribution is -0.274. The molecule has 0 bridgehead atoms. The highest BCUT2D eigenvalue weighted by Gasteiger charge is 2.34. The van der Waals surface area contributed by atoms with Gasteiger partial charge in [-0.25, -0.2) is 14.3 Å². The molecule has 3 aromatic rings. The lowest BCUT2D eigenvalue weighted by atomic mass is 9.90. The fourth-order valence-electron chi connectivity index (χ4n) is 3.92. The van der Waals surface area contributed by atoms with Crippen LogP contribution in [0.2, 0.25) is 0 Å². The molecule has 1 unspecified atom stereocenters. The third kappa shape index (κ3) is 3.79. The zero-order valence-electron chi connectivity index (χ0n) is 16.5. The average Bonchev–Trinajstić information content (AvgIpc) is 3.15. The molecule has 2 aliphatic heterocycles. The number of rotatable bonds is 4. The van der Waals surface area contributed by atoms with Crippen molar-refractivity contribution in [3.05, 3.63) is 54.0 Å². The Morgan fingerprint density at radius 2 is 1.88 bits per heavy atom. The van der Waals surface area contributed by atoms with E-state index in [2.05, 4.69) is 30.4 Å². The van der Waals surface area contributed by atoms with Gasteiger partial charge in [0.15, 0.2) is 5.65 Å². The first kappa shape index (κ1) is 20.1. The molecule has 9 nitrogen and oxygen atoms in total. The van der Waals surface area contributed by atoms with Gasteiger partial charge in [0.1, 0.15) is 5.75 Å². The zero-order chi connectivity index (χ0) is 22.5. The van der Waals surface area contributed by atoms with E-state index in [1.54, 1.807) is 35.1 Å². The molecule has 2 N–H and O–H groups in total. The number of urea groups is 1. The van der Waals surface area contributed by atoms with Crippen molar-refractivity contribution in [2.75, 3.05) is 24.5 Å². The van der Waals surface area contributed by atoms with Crippen molar-refractivity contribution in [3.8, 4) is 5.75 Å². The number of anilines is 1. The van der Waals surface area contributed by atoms with Crippen LogP contribution in [0, 0.1) is 0 Å². The van der Waals surface area contributed by atoms with Crippen LogP contribution in [0.5, 0.6) is 5.75 Å². The number of hydrogen-bond donors (Lipinski definition) is 2. The summed E-state index contributed by atoms with van der Waals surface area (Å²) >= 11 is 0. The predicted octanol–water partition coefficient (Wildman–Crippen LogP) is 2.15. The van der Waals surface area contributed by atoms with E-state index in [1.807, 2.05) is 0 Å². The van der Waals surface area contributed by atoms with Crippen molar-refractivity contribution < 1.29 is 27.5 Å². The zero-order valence-corrected chi connectivity index (χ0v) is 16.5. The van der Waals surface area contributed by atoms with Gasteiger partial charge >= 0.3 is 12.4 Å². The fraction of sp³-hybridized carbons (Fsp3) is 0.300. The van der Waals surface area contributed by atoms with Crippen molar-refractivity contribution in [1.82, 2.24) is 25.2 Å². The molecule has 2 aliphatic rings. The van der Waals surface area contributed by atoms with Gasteiger partial charge in [-0.3, -0.25) is 10.1 Å². The predicted molar refractivity (Wildman–Crippen MR) is 105 cm³/mol. The maximum Gasteiger partial charge on any atom is 0.573 e. The topological polar surface area (TPSA) is 101 Å². The molecule has 32 heavy (non-hydrogen) atoms. The Morgan fingerprint density at radius 3 is 2.56 bits per heavy atom. The summed E-state index contributed by atoms with van der Waals surface area (Å²) in [5.41, 5.74) is 2.82. The summed E-state index contributed by atoms with van der Waals surface area (Å²) in [4.78, 5) is 30.0. The normalized spacial score (nSPS) is 19.5. The van der Waals surface area contributed by atoms with Gasteiger partial charge in [-0.15, -0.1) is 13.2 Å². The SMILES string of the molecule is O=C1NCC(c2cc(N3CC(c4ccc(OC(F)(F)F)cc4)C3)c3nccn3n2)C(=O)N1. The van der Waals surface area contributed by atoms with Crippen molar-refractivity contribution in [3.63, 3.8) is 0 Å². The number of nitrogens with zero attached hydrogens (tertiary/aromatic N) is 4. The fourth-order valence-corrected chi connectivity index (χ4v) is 3.92. The summed E-state index contributed by atoms with van der Waals surface area (Å²) < 4.78 is 42.5. The molecule has 3 amide bonds. The van der Waals surface area contributed by atoms with E-state index in [-0.39, 0.29) is 18.2 Å². The summed E-state index contributed by atoms with van der Waals surface area (Å²) in [6, 6.07) is 7.12. The van der Waals surface area contributed by atoms with Crippen LogP contribution < -0.4 is 20.3 Å². The molecule has 0 saturated carbocycles. The van der Waals surface area contributed by atoms with Gasteiger partial charge in [0.25, 0.3) is 0 Å². The highest BCUT2D eigenvalue weighted by molar-refractivity contribution is 6.00. The van der Waals surface area contributed by atoms with E-state index < -0.39 is 24.2 Å². The van der Waals surface area contributed by atoms with Gasteiger partial charge in [-0.2, -0.15) is 5.10 Å². The lowest BCUT2D eigenvalue weighted by Crippen LogP contribution is -2.51. The van der Waals surface area contributed by atoms with Crippen molar-refractivity contribution in [2.24, 2.45) is 0 Å². The molecule has 0 radical (unpaired) electrons. The second-order valence-electron chi connectivity index (χ2n) is 7.62. The summed E-state index contributed by atoms with van der Waals surface area (Å²) in [5.74, 6) is -1.18. The Kier molecular flexibility index (Phi) is 4.64. The molecule has 2 fully saturated rings. The third-order valence-corrected chi connectivity index (χ3v) is 5.54. The first-order valence-corrected chi connectivity index (χ1v) is 9.80. The molecule has 0 aliphatic carbocycles. The van der Waals surface area contributed by atoms with Crippen LogP contribution in [-0.4, -0.2) is 52.5 Å². The second kappa shape index (κ2) is 7.39. The number of imide groups is 1. The average molecular weight is 446 g/mol. The number of fused-ring (bicyclic) bond motifs is 1. The number of imidazole rings is 1. The number of alkyl halides is 3. The summed E-state index contributed by atoms with van der Waals surface area (Å²) in [6.45, 7) is 1.39. The number of nitrogens with one attached hydrogen (secondary N) is 2. The molecule has 2 aromatic heterocycles. The Labute approximate surface area is 179 Å². The largest absolute Gasteiger partial charge is 0.573 e. The molecule has 1 atom stereocenters. The first-order chi connectivity index (χ1) is 15.3. The number of carbonyl (C=O) groups is 2. The van der Waals surface area contributed by atoms with Crippen LogP contribution in [0.15, 0.2) is 42.7 Å². The van der Waals surface area contributed by atoms with Crippen molar-refractivity contribution in [2.45, 2.75) is 18.2 Å². The maximum absolute atomic E-state index is 12.3. The molecule has 0 spiro atoms. The van der Waals surface area contributed by atoms with Gasteiger partial charge in [-0.1, -0.05) is 12.1 Å². The Bertz CT molecular complexity index is 1190. The highest BCUT2D eigenvalue weighted by Crippen LogP contribution is 2.35. The summed E-state index contributed by atoms with van der Waals surface area (Å²) in [7, 11) is 0. The molecular formula is C20H17F3N6O3. The van der Waals surface area contributed by atoms with Crippen LogP contribution in [0.25, 0.3) is 5.65 Å². The van der Waals surface area contributed by atoms with Crippen molar-refractivity contribution in [1.29, 1.82) is 0 Å². The monoisotopic (exact) mass is 446 g/mol. The van der Waals surface area contributed by atoms with Crippen LogP contribution >= 0.6 is 0 Å². The van der Waals surface area contributed by atoms with E-state index in [4.69, 9.17) is 0 Å². The third-order valence-electron chi connectivity index (χ3n) is 5.54. The quantitative estimate of drug-likeness (QED) is 0.637. The van der Waals surface area contributed by atoms with Crippen LogP contribution in [0.3, 0.4) is 0 Å². The molecule has 4 heterocycles. The molecule has 2 saturated heterocycles. The smallest absolute Gasteiger partial charge is 0.406 e. The van der Waals surface area contributed by atoms with E-state index in [9.17, 15) is 22.8 Å². The van der Waals surface area contributed by atoms with E-state index in [0.717, 1.165) is 11.3 Å². The number of aromatic nitrogens is 3.